The third-order valence-corrected chi connectivity index (χ3v) is 13.9. The van der Waals surface area contributed by atoms with E-state index in [4.69, 9.17) is 76.8 Å². The van der Waals surface area contributed by atoms with Crippen molar-refractivity contribution >= 4 is 43.6 Å². The molecule has 0 amide bonds. The van der Waals surface area contributed by atoms with Crippen LogP contribution in [0, 0.1) is 13.8 Å². The van der Waals surface area contributed by atoms with E-state index in [1.165, 1.54) is 5.56 Å². The van der Waals surface area contributed by atoms with Gasteiger partial charge in [0.2, 0.25) is 0 Å². The van der Waals surface area contributed by atoms with Crippen molar-refractivity contribution in [2.24, 2.45) is 0 Å². The van der Waals surface area contributed by atoms with Crippen molar-refractivity contribution in [3.8, 4) is 56.8 Å². The van der Waals surface area contributed by atoms with Gasteiger partial charge in [0.1, 0.15) is 49.4 Å². The Balaban J connectivity index is 0.000000205. The molecule has 3 aliphatic rings. The minimum atomic E-state index is 0. The molecule has 16 nitrogen and oxygen atoms in total. The molecule has 17 heteroatoms. The largest absolute Gasteiger partial charge is 0.491 e. The van der Waals surface area contributed by atoms with Crippen LogP contribution in [-0.4, -0.2) is 152 Å². The molecule has 4 aromatic heterocycles. The SMILES string of the molecule is Cc1ccc(OCCOCCOCCOCCOCCOc2ccc(-c3ccc4ccc5ccc(C)nc5c4n3)cc2)cc1.[Cu].c1cc2ccc1OCCOCCOCCOCCOCCOc1ccc(cc1)-c1ccc3ccc4ccc-2nc4c3n1. The standard InChI is InChI=1S/C36H40N2O6.C34H34N2O6.Cu/c1-27-3-12-32(13-4-27)43-25-23-41-21-19-39-17-18-40-20-22-42-24-26-44-33-14-9-29(10-15-33)34-16-11-31-8-7-30-6-5-28(2)37-35(30)36(31)38-34;1-2-28-8-14-32-26-5-11-30(12-6-26)42-24-22-40-20-18-38-16-15-37-17-19-39-21-23-41-29-9-3-25(4-10-29)31-13-7-27(1)33(35-31)34(28)36-32;/h3-16H,17-26H2,1-2H3;1-14H,15-24H2;. The zero-order valence-corrected chi connectivity index (χ0v) is 50.2. The Hall–Kier alpha value is -7.64. The summed E-state index contributed by atoms with van der Waals surface area (Å²) in [6, 6.07) is 56.8. The van der Waals surface area contributed by atoms with Gasteiger partial charge < -0.3 is 56.8 Å². The number of ether oxygens (including phenoxy) is 12. The summed E-state index contributed by atoms with van der Waals surface area (Å²) < 4.78 is 67.7. The van der Waals surface area contributed by atoms with E-state index in [0.717, 1.165) is 106 Å². The summed E-state index contributed by atoms with van der Waals surface area (Å²) in [5, 5.41) is 4.26. The molecule has 6 aromatic carbocycles. The Labute approximate surface area is 518 Å². The molecule has 10 aromatic rings. The number of fused-ring (bicyclic) bond motifs is 5. The molecule has 1 radical (unpaired) electrons. The molecule has 0 atom stereocenters. The zero-order valence-electron chi connectivity index (χ0n) is 49.3. The average molecular weight is 1230 g/mol. The molecular formula is C70H74CuN4O12. The molecule has 87 heavy (non-hydrogen) atoms. The first kappa shape index (κ1) is 63.9. The van der Waals surface area contributed by atoms with E-state index in [0.29, 0.717) is 132 Å². The van der Waals surface area contributed by atoms with Crippen LogP contribution in [0.4, 0.5) is 0 Å². The van der Waals surface area contributed by atoms with Crippen LogP contribution in [0.1, 0.15) is 11.3 Å². The molecule has 8 bridgehead atoms. The van der Waals surface area contributed by atoms with Crippen LogP contribution in [0.3, 0.4) is 0 Å². The Morgan fingerprint density at radius 3 is 0.954 bits per heavy atom. The minimum absolute atomic E-state index is 0. The normalized spacial score (nSPS) is 13.5. The molecule has 13 rings (SSSR count). The van der Waals surface area contributed by atoms with Crippen LogP contribution in [0.15, 0.2) is 170 Å². The fraction of sp³-hybridized carbons (Fsp3) is 0.314. The van der Waals surface area contributed by atoms with Crippen LogP contribution in [0.2, 0.25) is 0 Å². The van der Waals surface area contributed by atoms with Crippen molar-refractivity contribution in [2.45, 2.75) is 13.8 Å². The third kappa shape index (κ3) is 19.7. The summed E-state index contributed by atoms with van der Waals surface area (Å²) in [5.41, 5.74) is 11.5. The minimum Gasteiger partial charge on any atom is -0.491 e. The Kier molecular flexibility index (Phi) is 25.4. The van der Waals surface area contributed by atoms with Crippen molar-refractivity contribution in [2.75, 3.05) is 132 Å². The van der Waals surface area contributed by atoms with Gasteiger partial charge in [-0.15, -0.1) is 0 Å². The predicted molar refractivity (Wildman–Crippen MR) is 335 cm³/mol. The van der Waals surface area contributed by atoms with Gasteiger partial charge in [-0.3, -0.25) is 4.98 Å². The van der Waals surface area contributed by atoms with Gasteiger partial charge in [-0.05, 0) is 123 Å². The molecule has 0 aliphatic carbocycles. The summed E-state index contributed by atoms with van der Waals surface area (Å²) in [7, 11) is 0. The van der Waals surface area contributed by atoms with Crippen molar-refractivity contribution in [1.29, 1.82) is 0 Å². The van der Waals surface area contributed by atoms with Gasteiger partial charge >= 0.3 is 0 Å². The number of rotatable bonds is 18. The van der Waals surface area contributed by atoms with Crippen molar-refractivity contribution < 1.29 is 73.9 Å². The number of hydrogen-bond acceptors (Lipinski definition) is 16. The molecule has 0 unspecified atom stereocenters. The summed E-state index contributed by atoms with van der Waals surface area (Å²) >= 11 is 0. The fourth-order valence-electron chi connectivity index (χ4n) is 9.31. The van der Waals surface area contributed by atoms with Gasteiger partial charge in [-0.1, -0.05) is 66.2 Å². The van der Waals surface area contributed by atoms with Gasteiger partial charge in [0.25, 0.3) is 0 Å². The topological polar surface area (TPSA) is 162 Å². The average Bonchev–Trinajstić information content (AvgIpc) is 2.22. The summed E-state index contributed by atoms with van der Waals surface area (Å²) in [4.78, 5) is 19.8. The van der Waals surface area contributed by atoms with E-state index in [9.17, 15) is 0 Å². The summed E-state index contributed by atoms with van der Waals surface area (Å²) in [6.07, 6.45) is 0. The second kappa shape index (κ2) is 34.6. The van der Waals surface area contributed by atoms with Gasteiger partial charge in [0.05, 0.1) is 145 Å². The van der Waals surface area contributed by atoms with Crippen LogP contribution in [0.5, 0.6) is 23.0 Å². The van der Waals surface area contributed by atoms with Gasteiger partial charge in [0.15, 0.2) is 0 Å². The third-order valence-electron chi connectivity index (χ3n) is 13.9. The molecule has 0 spiro atoms. The Morgan fingerprint density at radius 2 is 0.586 bits per heavy atom. The number of nitrogens with zero attached hydrogens (tertiary/aromatic N) is 4. The van der Waals surface area contributed by atoms with E-state index in [2.05, 4.69) is 55.5 Å². The smallest absolute Gasteiger partial charge is 0.119 e. The predicted octanol–water partition coefficient (Wildman–Crippen LogP) is 12.5. The molecule has 0 saturated heterocycles. The number of aryl methyl sites for hydroxylation is 2. The molecular weight excluding hydrogens is 1150 g/mol. The molecule has 0 fully saturated rings. The van der Waals surface area contributed by atoms with Crippen LogP contribution in [0.25, 0.3) is 77.4 Å². The number of pyridine rings is 4. The van der Waals surface area contributed by atoms with E-state index < -0.39 is 0 Å². The van der Waals surface area contributed by atoms with Gasteiger partial charge in [-0.25, -0.2) is 15.0 Å². The maximum Gasteiger partial charge on any atom is 0.119 e. The molecule has 0 saturated carbocycles. The zero-order chi connectivity index (χ0) is 58.8. The van der Waals surface area contributed by atoms with Crippen LogP contribution < -0.4 is 18.9 Å². The second-order valence-corrected chi connectivity index (χ2v) is 20.1. The molecule has 457 valence electrons. The van der Waals surface area contributed by atoms with Crippen LogP contribution >= 0.6 is 0 Å². The quantitative estimate of drug-likeness (QED) is 0.0453. The Morgan fingerprint density at radius 1 is 0.299 bits per heavy atom. The maximum atomic E-state index is 5.85. The first-order chi connectivity index (χ1) is 42.5. The van der Waals surface area contributed by atoms with Gasteiger partial charge in [-0.2, -0.15) is 0 Å². The summed E-state index contributed by atoms with van der Waals surface area (Å²) in [5.74, 6) is 3.21. The molecule has 0 N–H and O–H groups in total. The monoisotopic (exact) mass is 1230 g/mol. The Bertz CT molecular complexity index is 3550. The number of hydrogen-bond donors (Lipinski definition) is 0. The molecule has 3 aliphatic heterocycles. The summed E-state index contributed by atoms with van der Waals surface area (Å²) in [6.45, 7) is 14.1. The van der Waals surface area contributed by atoms with Crippen LogP contribution in [-0.2, 0) is 55.0 Å². The maximum absolute atomic E-state index is 5.85. The second-order valence-electron chi connectivity index (χ2n) is 20.1. The van der Waals surface area contributed by atoms with Crippen molar-refractivity contribution in [1.82, 2.24) is 19.9 Å². The van der Waals surface area contributed by atoms with E-state index in [1.807, 2.05) is 128 Å². The fourth-order valence-corrected chi connectivity index (χ4v) is 9.31. The first-order valence-electron chi connectivity index (χ1n) is 29.4. The first-order valence-corrected chi connectivity index (χ1v) is 29.4. The van der Waals surface area contributed by atoms with Gasteiger partial charge in [0, 0.05) is 61.0 Å². The van der Waals surface area contributed by atoms with Crippen molar-refractivity contribution in [3.05, 3.63) is 181 Å². The van der Waals surface area contributed by atoms with E-state index in [-0.39, 0.29) is 17.1 Å². The van der Waals surface area contributed by atoms with E-state index >= 15 is 0 Å². The van der Waals surface area contributed by atoms with E-state index in [1.54, 1.807) is 0 Å². The molecule has 7 heterocycles. The number of benzene rings is 6. The number of aromatic nitrogens is 4. The van der Waals surface area contributed by atoms with Crippen molar-refractivity contribution in [3.63, 3.8) is 0 Å².